The van der Waals surface area contributed by atoms with Crippen LogP contribution in [-0.2, 0) is 9.59 Å². The van der Waals surface area contributed by atoms with Crippen molar-refractivity contribution in [2.75, 3.05) is 39.8 Å². The Morgan fingerprint density at radius 1 is 1.14 bits per heavy atom. The second-order valence-electron chi connectivity index (χ2n) is 6.18. The third-order valence-electron chi connectivity index (χ3n) is 4.63. The van der Waals surface area contributed by atoms with E-state index in [1.165, 1.54) is 0 Å². The monoisotopic (exact) mass is 296 g/mol. The molecule has 2 rings (SSSR count). The first kappa shape index (κ1) is 16.2. The molecule has 2 atom stereocenters. The van der Waals surface area contributed by atoms with Crippen molar-refractivity contribution in [3.63, 3.8) is 0 Å². The van der Waals surface area contributed by atoms with Crippen LogP contribution >= 0.6 is 0 Å². The molecule has 0 aromatic heterocycles. The molecule has 6 heteroatoms. The smallest absolute Gasteiger partial charge is 0.240 e. The maximum absolute atomic E-state index is 12.5. The second-order valence-corrected chi connectivity index (χ2v) is 6.18. The Balaban J connectivity index is 1.82. The molecule has 2 aliphatic rings. The van der Waals surface area contributed by atoms with Crippen LogP contribution in [0, 0.1) is 0 Å². The standard InChI is InChI=1S/C15H28N4O2/c1-3-5-12(16)14(20)18-8-10-19(11-9-18)15(21)13-6-4-7-17(13)2/h12-13H,3-11,16H2,1-2H3. The summed E-state index contributed by atoms with van der Waals surface area (Å²) < 4.78 is 0. The summed E-state index contributed by atoms with van der Waals surface area (Å²) in [5.74, 6) is 0.252. The molecule has 0 saturated carbocycles. The topological polar surface area (TPSA) is 69.9 Å². The van der Waals surface area contributed by atoms with Gasteiger partial charge in [0.25, 0.3) is 0 Å². The maximum Gasteiger partial charge on any atom is 0.240 e. The van der Waals surface area contributed by atoms with E-state index in [4.69, 9.17) is 5.73 Å². The first-order valence-electron chi connectivity index (χ1n) is 8.08. The summed E-state index contributed by atoms with van der Waals surface area (Å²) in [5.41, 5.74) is 5.89. The van der Waals surface area contributed by atoms with E-state index < -0.39 is 6.04 Å². The highest BCUT2D eigenvalue weighted by atomic mass is 16.2. The number of carbonyl (C=O) groups is 2. The van der Waals surface area contributed by atoms with E-state index in [-0.39, 0.29) is 17.9 Å². The molecule has 2 unspecified atom stereocenters. The van der Waals surface area contributed by atoms with Crippen LogP contribution in [0.25, 0.3) is 0 Å². The Morgan fingerprint density at radius 2 is 1.76 bits per heavy atom. The molecular formula is C15H28N4O2. The Bertz CT molecular complexity index is 380. The zero-order valence-corrected chi connectivity index (χ0v) is 13.3. The van der Waals surface area contributed by atoms with Gasteiger partial charge in [-0.2, -0.15) is 0 Å². The van der Waals surface area contributed by atoms with E-state index in [0.29, 0.717) is 26.2 Å². The molecule has 0 aromatic carbocycles. The van der Waals surface area contributed by atoms with Crippen molar-refractivity contribution in [2.45, 2.75) is 44.7 Å². The highest BCUT2D eigenvalue weighted by Crippen LogP contribution is 2.18. The van der Waals surface area contributed by atoms with E-state index in [9.17, 15) is 9.59 Å². The Hall–Kier alpha value is -1.14. The quantitative estimate of drug-likeness (QED) is 0.785. The van der Waals surface area contributed by atoms with Crippen molar-refractivity contribution >= 4 is 11.8 Å². The molecule has 2 heterocycles. The van der Waals surface area contributed by atoms with Gasteiger partial charge in [0.15, 0.2) is 0 Å². The zero-order chi connectivity index (χ0) is 15.4. The van der Waals surface area contributed by atoms with E-state index in [2.05, 4.69) is 4.90 Å². The van der Waals surface area contributed by atoms with Gasteiger partial charge in [-0.15, -0.1) is 0 Å². The van der Waals surface area contributed by atoms with E-state index in [1.807, 2.05) is 23.8 Å². The summed E-state index contributed by atoms with van der Waals surface area (Å²) in [4.78, 5) is 30.5. The minimum atomic E-state index is -0.391. The molecule has 120 valence electrons. The first-order valence-corrected chi connectivity index (χ1v) is 8.08. The molecule has 2 N–H and O–H groups in total. The molecule has 2 aliphatic heterocycles. The number of amides is 2. The lowest BCUT2D eigenvalue weighted by molar-refractivity contribution is -0.142. The third kappa shape index (κ3) is 3.74. The van der Waals surface area contributed by atoms with Gasteiger partial charge in [0.05, 0.1) is 12.1 Å². The molecule has 21 heavy (non-hydrogen) atoms. The molecule has 2 fully saturated rings. The van der Waals surface area contributed by atoms with Gasteiger partial charge in [-0.1, -0.05) is 13.3 Å². The van der Waals surface area contributed by atoms with E-state index in [1.54, 1.807) is 0 Å². The van der Waals surface area contributed by atoms with Gasteiger partial charge in [0, 0.05) is 26.2 Å². The predicted molar refractivity (Wildman–Crippen MR) is 81.7 cm³/mol. The van der Waals surface area contributed by atoms with Gasteiger partial charge in [-0.05, 0) is 32.9 Å². The summed E-state index contributed by atoms with van der Waals surface area (Å²) in [6.07, 6.45) is 3.69. The number of hydrogen-bond donors (Lipinski definition) is 1. The third-order valence-corrected chi connectivity index (χ3v) is 4.63. The van der Waals surface area contributed by atoms with Crippen LogP contribution in [0.2, 0.25) is 0 Å². The number of likely N-dealkylation sites (N-methyl/N-ethyl adjacent to an activating group) is 1. The van der Waals surface area contributed by atoms with Crippen LogP contribution in [-0.4, -0.2) is 78.4 Å². The number of piperazine rings is 1. The maximum atomic E-state index is 12.5. The number of rotatable bonds is 4. The summed E-state index contributed by atoms with van der Waals surface area (Å²) in [5, 5.41) is 0. The van der Waals surface area contributed by atoms with Gasteiger partial charge < -0.3 is 15.5 Å². The predicted octanol–water partition coefficient (Wildman–Crippen LogP) is -0.121. The van der Waals surface area contributed by atoms with Gasteiger partial charge >= 0.3 is 0 Å². The molecule has 0 spiro atoms. The van der Waals surface area contributed by atoms with Gasteiger partial charge in [0.2, 0.25) is 11.8 Å². The van der Waals surface area contributed by atoms with Crippen LogP contribution in [0.1, 0.15) is 32.6 Å². The molecule has 0 aromatic rings. The molecule has 0 aliphatic carbocycles. The molecule has 2 amide bonds. The van der Waals surface area contributed by atoms with Crippen molar-refractivity contribution in [3.05, 3.63) is 0 Å². The highest BCUT2D eigenvalue weighted by molar-refractivity contribution is 5.84. The van der Waals surface area contributed by atoms with E-state index in [0.717, 1.165) is 32.2 Å². The number of nitrogens with zero attached hydrogens (tertiary/aromatic N) is 3. The molecule has 2 saturated heterocycles. The van der Waals surface area contributed by atoms with Crippen molar-refractivity contribution < 1.29 is 9.59 Å². The van der Waals surface area contributed by atoms with Crippen LogP contribution in [0.15, 0.2) is 0 Å². The van der Waals surface area contributed by atoms with Crippen LogP contribution in [0.4, 0.5) is 0 Å². The number of hydrogen-bond acceptors (Lipinski definition) is 4. The molecular weight excluding hydrogens is 268 g/mol. The number of carbonyl (C=O) groups excluding carboxylic acids is 2. The minimum Gasteiger partial charge on any atom is -0.338 e. The average Bonchev–Trinajstić information content (AvgIpc) is 2.92. The summed E-state index contributed by atoms with van der Waals surface area (Å²) in [7, 11) is 2.01. The molecule has 0 radical (unpaired) electrons. The fourth-order valence-corrected chi connectivity index (χ4v) is 3.25. The largest absolute Gasteiger partial charge is 0.338 e. The van der Waals surface area contributed by atoms with Crippen LogP contribution < -0.4 is 5.73 Å². The zero-order valence-electron chi connectivity index (χ0n) is 13.3. The minimum absolute atomic E-state index is 0.0296. The molecule has 0 bridgehead atoms. The van der Waals surface area contributed by atoms with Crippen molar-refractivity contribution in [1.29, 1.82) is 0 Å². The van der Waals surface area contributed by atoms with Crippen molar-refractivity contribution in [1.82, 2.24) is 14.7 Å². The SMILES string of the molecule is CCCC(N)C(=O)N1CCN(C(=O)C2CCCN2C)CC1. The molecule has 6 nitrogen and oxygen atoms in total. The lowest BCUT2D eigenvalue weighted by atomic mass is 10.1. The Kier molecular flexibility index (Phi) is 5.58. The fraction of sp³-hybridized carbons (Fsp3) is 0.867. The van der Waals surface area contributed by atoms with Gasteiger partial charge in [0.1, 0.15) is 0 Å². The number of nitrogens with two attached hydrogens (primary N) is 1. The van der Waals surface area contributed by atoms with Crippen molar-refractivity contribution in [3.8, 4) is 0 Å². The van der Waals surface area contributed by atoms with Crippen molar-refractivity contribution in [2.24, 2.45) is 5.73 Å². The van der Waals surface area contributed by atoms with Gasteiger partial charge in [-0.3, -0.25) is 14.5 Å². The Labute approximate surface area is 127 Å². The van der Waals surface area contributed by atoms with Gasteiger partial charge in [-0.25, -0.2) is 0 Å². The summed E-state index contributed by atoms with van der Waals surface area (Å²) in [6, 6.07) is -0.354. The number of likely N-dealkylation sites (tertiary alicyclic amines) is 1. The lowest BCUT2D eigenvalue weighted by Crippen LogP contribution is -2.56. The first-order chi connectivity index (χ1) is 10.0. The summed E-state index contributed by atoms with van der Waals surface area (Å²) in [6.45, 7) is 5.51. The Morgan fingerprint density at radius 3 is 2.29 bits per heavy atom. The lowest BCUT2D eigenvalue weighted by Gasteiger charge is -2.37. The highest BCUT2D eigenvalue weighted by Gasteiger charge is 2.33. The second kappa shape index (κ2) is 7.22. The van der Waals surface area contributed by atoms with Crippen LogP contribution in [0.3, 0.4) is 0 Å². The van der Waals surface area contributed by atoms with E-state index >= 15 is 0 Å². The average molecular weight is 296 g/mol. The fourth-order valence-electron chi connectivity index (χ4n) is 3.25. The normalized spacial score (nSPS) is 25.2. The van der Waals surface area contributed by atoms with Crippen LogP contribution in [0.5, 0.6) is 0 Å². The summed E-state index contributed by atoms with van der Waals surface area (Å²) >= 11 is 0.